The highest BCUT2D eigenvalue weighted by Gasteiger charge is 1.98. The number of thiocarbonyl (C=S) groups is 1. The quantitative estimate of drug-likeness (QED) is 0.427. The van der Waals surface area contributed by atoms with Gasteiger partial charge in [0.05, 0.1) is 0 Å². The summed E-state index contributed by atoms with van der Waals surface area (Å²) in [6, 6.07) is 17.5. The third-order valence-corrected chi connectivity index (χ3v) is 3.61. The highest BCUT2D eigenvalue weighted by Crippen LogP contribution is 2.12. The molecule has 0 heterocycles. The van der Waals surface area contributed by atoms with E-state index >= 15 is 0 Å². The van der Waals surface area contributed by atoms with Crippen molar-refractivity contribution >= 4 is 45.2 Å². The number of halogens is 1. The van der Waals surface area contributed by atoms with Gasteiger partial charge in [0.1, 0.15) is 0 Å². The molecule has 0 aliphatic heterocycles. The molecule has 2 rings (SSSR count). The molecule has 3 N–H and O–H groups in total. The van der Waals surface area contributed by atoms with Crippen LogP contribution in [0.5, 0.6) is 0 Å². The van der Waals surface area contributed by atoms with Gasteiger partial charge in [-0.25, -0.2) is 0 Å². The minimum absolute atomic E-state index is 0.283. The second kappa shape index (κ2) is 9.07. The smallest absolute Gasteiger partial charge is 0.262 e. The maximum atomic E-state index is 11.7. The Morgan fingerprint density at radius 3 is 2.61 bits per heavy atom. The van der Waals surface area contributed by atoms with E-state index in [-0.39, 0.29) is 5.91 Å². The Morgan fingerprint density at radius 1 is 1.09 bits per heavy atom. The fraction of sp³-hybridized carbons (Fsp3) is 0.0588. The third kappa shape index (κ3) is 6.63. The van der Waals surface area contributed by atoms with E-state index in [1.807, 2.05) is 54.6 Å². The lowest BCUT2D eigenvalue weighted by atomic mass is 10.2. The topological polar surface area (TPSA) is 53.2 Å². The minimum Gasteiger partial charge on any atom is -0.357 e. The molecule has 0 aliphatic carbocycles. The Balaban J connectivity index is 1.72. The van der Waals surface area contributed by atoms with Crippen molar-refractivity contribution in [3.05, 3.63) is 76.3 Å². The highest BCUT2D eigenvalue weighted by molar-refractivity contribution is 9.10. The van der Waals surface area contributed by atoms with E-state index in [1.165, 1.54) is 6.08 Å². The first-order valence-corrected chi connectivity index (χ1v) is 8.15. The Bertz CT molecular complexity index is 704. The van der Waals surface area contributed by atoms with Crippen LogP contribution in [0.3, 0.4) is 0 Å². The van der Waals surface area contributed by atoms with Gasteiger partial charge in [-0.2, -0.15) is 0 Å². The monoisotopic (exact) mass is 389 g/mol. The van der Waals surface area contributed by atoms with Crippen molar-refractivity contribution in [2.45, 2.75) is 6.54 Å². The fourth-order valence-corrected chi connectivity index (χ4v) is 2.30. The summed E-state index contributed by atoms with van der Waals surface area (Å²) >= 11 is 8.48. The molecule has 2 aromatic carbocycles. The number of benzene rings is 2. The van der Waals surface area contributed by atoms with E-state index in [9.17, 15) is 4.79 Å². The van der Waals surface area contributed by atoms with Crippen molar-refractivity contribution in [3.63, 3.8) is 0 Å². The van der Waals surface area contributed by atoms with Crippen molar-refractivity contribution in [1.82, 2.24) is 16.2 Å². The summed E-state index contributed by atoms with van der Waals surface area (Å²) in [5, 5.41) is 3.37. The molecule has 0 aliphatic rings. The SMILES string of the molecule is O=C(C=Cc1cccc(Br)c1)NNC(=S)NCc1ccccc1. The van der Waals surface area contributed by atoms with E-state index in [2.05, 4.69) is 32.1 Å². The molecule has 0 fully saturated rings. The number of hydrogen-bond acceptors (Lipinski definition) is 2. The average molecular weight is 390 g/mol. The lowest BCUT2D eigenvalue weighted by Gasteiger charge is -2.10. The van der Waals surface area contributed by atoms with Gasteiger partial charge in [0.25, 0.3) is 5.91 Å². The standard InChI is InChI=1S/C17H16BrN3OS/c18-15-8-4-7-13(11-15)9-10-16(22)20-21-17(23)19-12-14-5-2-1-3-6-14/h1-11H,12H2,(H,20,22)(H2,19,21,23). The molecule has 2 aromatic rings. The van der Waals surface area contributed by atoms with Gasteiger partial charge in [-0.05, 0) is 41.6 Å². The lowest BCUT2D eigenvalue weighted by molar-refractivity contribution is -0.116. The number of nitrogens with one attached hydrogen (secondary N) is 3. The van der Waals surface area contributed by atoms with Gasteiger partial charge in [-0.15, -0.1) is 0 Å². The number of carbonyl (C=O) groups excluding carboxylic acids is 1. The first-order chi connectivity index (χ1) is 11.1. The molecule has 4 nitrogen and oxygen atoms in total. The van der Waals surface area contributed by atoms with Gasteiger partial charge < -0.3 is 5.32 Å². The average Bonchev–Trinajstić information content (AvgIpc) is 2.57. The number of hydrazine groups is 1. The van der Waals surface area contributed by atoms with Crippen LogP contribution < -0.4 is 16.2 Å². The van der Waals surface area contributed by atoms with Crippen LogP contribution in [0.1, 0.15) is 11.1 Å². The Kier molecular flexibility index (Phi) is 6.77. The van der Waals surface area contributed by atoms with E-state index in [0.717, 1.165) is 15.6 Å². The maximum absolute atomic E-state index is 11.7. The fourth-order valence-electron chi connectivity index (χ4n) is 1.76. The van der Waals surface area contributed by atoms with Crippen LogP contribution in [0.4, 0.5) is 0 Å². The van der Waals surface area contributed by atoms with Crippen molar-refractivity contribution in [1.29, 1.82) is 0 Å². The van der Waals surface area contributed by atoms with Crippen LogP contribution in [0.15, 0.2) is 65.1 Å². The first-order valence-electron chi connectivity index (χ1n) is 6.95. The number of hydrogen-bond donors (Lipinski definition) is 3. The van der Waals surface area contributed by atoms with Crippen molar-refractivity contribution in [2.24, 2.45) is 0 Å². The molecule has 0 aromatic heterocycles. The second-order valence-electron chi connectivity index (χ2n) is 4.67. The van der Waals surface area contributed by atoms with Crippen LogP contribution in [-0.2, 0) is 11.3 Å². The molecule has 0 saturated heterocycles. The van der Waals surface area contributed by atoms with E-state index < -0.39 is 0 Å². The van der Waals surface area contributed by atoms with E-state index in [0.29, 0.717) is 11.7 Å². The maximum Gasteiger partial charge on any atom is 0.262 e. The Hall–Kier alpha value is -2.18. The van der Waals surface area contributed by atoms with Crippen molar-refractivity contribution in [3.8, 4) is 0 Å². The first kappa shape index (κ1) is 17.2. The minimum atomic E-state index is -0.283. The van der Waals surface area contributed by atoms with Gasteiger partial charge in [0, 0.05) is 17.1 Å². The highest BCUT2D eigenvalue weighted by atomic mass is 79.9. The number of carbonyl (C=O) groups is 1. The van der Waals surface area contributed by atoms with Crippen LogP contribution in [0, 0.1) is 0 Å². The molecule has 23 heavy (non-hydrogen) atoms. The summed E-state index contributed by atoms with van der Waals surface area (Å²) in [4.78, 5) is 11.7. The van der Waals surface area contributed by atoms with Gasteiger partial charge in [-0.1, -0.05) is 58.4 Å². The molecule has 118 valence electrons. The summed E-state index contributed by atoms with van der Waals surface area (Å²) in [6.07, 6.45) is 3.16. The van der Waals surface area contributed by atoms with Gasteiger partial charge >= 0.3 is 0 Å². The summed E-state index contributed by atoms with van der Waals surface area (Å²) in [5.41, 5.74) is 7.21. The van der Waals surface area contributed by atoms with Crippen LogP contribution >= 0.6 is 28.1 Å². The number of rotatable bonds is 4. The zero-order chi connectivity index (χ0) is 16.5. The molecule has 0 spiro atoms. The molecular weight excluding hydrogens is 374 g/mol. The predicted molar refractivity (Wildman–Crippen MR) is 100 cm³/mol. The van der Waals surface area contributed by atoms with Crippen molar-refractivity contribution < 1.29 is 4.79 Å². The molecule has 6 heteroatoms. The second-order valence-corrected chi connectivity index (χ2v) is 5.99. The summed E-state index contributed by atoms with van der Waals surface area (Å²) in [6.45, 7) is 0.594. The molecule has 0 radical (unpaired) electrons. The Morgan fingerprint density at radius 2 is 1.87 bits per heavy atom. The lowest BCUT2D eigenvalue weighted by Crippen LogP contribution is -2.45. The van der Waals surface area contributed by atoms with Gasteiger partial charge in [0.15, 0.2) is 5.11 Å². The molecule has 1 amide bonds. The largest absolute Gasteiger partial charge is 0.357 e. The molecule has 0 atom stereocenters. The molecular formula is C17H16BrN3OS. The molecule has 0 bridgehead atoms. The molecule has 0 unspecified atom stereocenters. The van der Waals surface area contributed by atoms with Crippen LogP contribution in [0.25, 0.3) is 6.08 Å². The zero-order valence-electron chi connectivity index (χ0n) is 12.3. The van der Waals surface area contributed by atoms with Gasteiger partial charge in [-0.3, -0.25) is 15.6 Å². The van der Waals surface area contributed by atoms with Gasteiger partial charge in [0.2, 0.25) is 0 Å². The zero-order valence-corrected chi connectivity index (χ0v) is 14.7. The van der Waals surface area contributed by atoms with Crippen LogP contribution in [0.2, 0.25) is 0 Å². The van der Waals surface area contributed by atoms with E-state index in [4.69, 9.17) is 12.2 Å². The van der Waals surface area contributed by atoms with Crippen molar-refractivity contribution in [2.75, 3.05) is 0 Å². The number of amides is 1. The predicted octanol–water partition coefficient (Wildman–Crippen LogP) is 3.16. The molecule has 0 saturated carbocycles. The summed E-state index contributed by atoms with van der Waals surface area (Å²) < 4.78 is 0.962. The Labute approximate surface area is 149 Å². The normalized spacial score (nSPS) is 10.3. The third-order valence-electron chi connectivity index (χ3n) is 2.87. The van der Waals surface area contributed by atoms with Crippen LogP contribution in [-0.4, -0.2) is 11.0 Å². The summed E-state index contributed by atoms with van der Waals surface area (Å²) in [7, 11) is 0. The summed E-state index contributed by atoms with van der Waals surface area (Å²) in [5.74, 6) is -0.283. The van der Waals surface area contributed by atoms with E-state index in [1.54, 1.807) is 6.08 Å².